The summed E-state index contributed by atoms with van der Waals surface area (Å²) in [6.45, 7) is 7.82. The Bertz CT molecular complexity index is 1570. The molecule has 0 amide bonds. The highest BCUT2D eigenvalue weighted by Gasteiger charge is 2.16. The van der Waals surface area contributed by atoms with Crippen LogP contribution in [0.25, 0.3) is 50.0 Å². The first-order valence-corrected chi connectivity index (χ1v) is 10.6. The lowest BCUT2D eigenvalue weighted by Crippen LogP contribution is -1.91. The number of H-pyrrole nitrogens is 2. The molecule has 5 aromatic rings. The van der Waals surface area contributed by atoms with Gasteiger partial charge >= 0.3 is 0 Å². The van der Waals surface area contributed by atoms with Gasteiger partial charge in [0.2, 0.25) is 0 Å². The van der Waals surface area contributed by atoms with Crippen molar-refractivity contribution >= 4 is 27.5 Å². The van der Waals surface area contributed by atoms with E-state index in [-0.39, 0.29) is 5.82 Å². The van der Waals surface area contributed by atoms with Crippen LogP contribution in [0, 0.1) is 5.82 Å². The zero-order valence-corrected chi connectivity index (χ0v) is 18.4. The molecule has 162 valence electrons. The predicted molar refractivity (Wildman–Crippen MR) is 132 cm³/mol. The summed E-state index contributed by atoms with van der Waals surface area (Å²) >= 11 is 0. The van der Waals surface area contributed by atoms with Crippen LogP contribution in [0.4, 0.5) is 4.39 Å². The third kappa shape index (κ3) is 3.65. The van der Waals surface area contributed by atoms with Crippen LogP contribution in [0.3, 0.4) is 0 Å². The van der Waals surface area contributed by atoms with E-state index in [0.717, 1.165) is 61.3 Å². The third-order valence-corrected chi connectivity index (χ3v) is 5.73. The first-order valence-electron chi connectivity index (χ1n) is 10.6. The molecule has 0 aliphatic rings. The van der Waals surface area contributed by atoms with Crippen LogP contribution < -0.4 is 0 Å². The van der Waals surface area contributed by atoms with Gasteiger partial charge in [-0.3, -0.25) is 10.1 Å². The summed E-state index contributed by atoms with van der Waals surface area (Å²) < 4.78 is 13.8. The van der Waals surface area contributed by atoms with E-state index < -0.39 is 0 Å². The number of fused-ring (bicyclic) bond motifs is 2. The maximum atomic E-state index is 13.8. The fourth-order valence-corrected chi connectivity index (χ4v) is 4.18. The van der Waals surface area contributed by atoms with E-state index in [1.807, 2.05) is 50.3 Å². The zero-order valence-electron chi connectivity index (χ0n) is 18.4. The van der Waals surface area contributed by atoms with Gasteiger partial charge in [-0.15, -0.1) is 0 Å². The van der Waals surface area contributed by atoms with Crippen LogP contribution in [0.1, 0.15) is 19.5 Å². The number of rotatable bonds is 5. The second kappa shape index (κ2) is 8.31. The largest absolute Gasteiger partial charge is 0.338 e. The fraction of sp³-hybridized carbons (Fsp3) is 0.0741. The monoisotopic (exact) mass is 435 g/mol. The van der Waals surface area contributed by atoms with Crippen molar-refractivity contribution in [2.24, 2.45) is 0 Å². The molecular weight excluding hydrogens is 413 g/mol. The van der Waals surface area contributed by atoms with Crippen LogP contribution in [0.2, 0.25) is 0 Å². The van der Waals surface area contributed by atoms with E-state index in [1.54, 1.807) is 24.5 Å². The molecule has 5 nitrogen and oxygen atoms in total. The number of pyridine rings is 2. The van der Waals surface area contributed by atoms with Crippen molar-refractivity contribution in [2.45, 2.75) is 13.8 Å². The Morgan fingerprint density at radius 1 is 1.09 bits per heavy atom. The molecule has 0 bridgehead atoms. The second-order valence-corrected chi connectivity index (χ2v) is 7.79. The molecule has 0 atom stereocenters. The standard InChI is InChI=1S/C27H22FN5/c1-4-7-16(3)19(5-2)23-14-22-25(15-30-23)32-33-26(22)24-13-21-20(10-11-29-27(21)31-24)17-8-6-9-18(28)12-17/h4-15H,1H2,2-3H3,(H,29,31)(H,32,33)/b16-7-,19-5+. The van der Waals surface area contributed by atoms with Gasteiger partial charge in [-0.05, 0) is 66.5 Å². The zero-order chi connectivity index (χ0) is 22.9. The molecular formula is C27H22FN5. The van der Waals surface area contributed by atoms with Gasteiger partial charge in [-0.25, -0.2) is 9.37 Å². The highest BCUT2D eigenvalue weighted by Crippen LogP contribution is 2.34. The number of aromatic amines is 2. The Morgan fingerprint density at radius 3 is 2.76 bits per heavy atom. The van der Waals surface area contributed by atoms with Crippen LogP contribution in [0.5, 0.6) is 0 Å². The summed E-state index contributed by atoms with van der Waals surface area (Å²) in [6.07, 6.45) is 9.30. The molecule has 4 aromatic heterocycles. The number of allylic oxidation sites excluding steroid dienone is 5. The summed E-state index contributed by atoms with van der Waals surface area (Å²) in [5.74, 6) is -0.271. The van der Waals surface area contributed by atoms with E-state index in [2.05, 4.69) is 31.7 Å². The van der Waals surface area contributed by atoms with Crippen molar-refractivity contribution < 1.29 is 4.39 Å². The minimum atomic E-state index is -0.271. The Balaban J connectivity index is 1.65. The number of halogens is 1. The quantitative estimate of drug-likeness (QED) is 0.297. The lowest BCUT2D eigenvalue weighted by atomic mass is 10.0. The van der Waals surface area contributed by atoms with Gasteiger partial charge in [0.05, 0.1) is 23.1 Å². The predicted octanol–water partition coefficient (Wildman–Crippen LogP) is 6.84. The van der Waals surface area contributed by atoms with Crippen molar-refractivity contribution in [1.29, 1.82) is 0 Å². The third-order valence-electron chi connectivity index (χ3n) is 5.73. The summed E-state index contributed by atoms with van der Waals surface area (Å²) in [5, 5.41) is 9.47. The SMILES string of the molecule is C=C/C=C(C)\C(=C/C)c1cc2c(-c3cc4c(-c5cccc(F)c5)ccnc4[nH]3)n[nH]c2cn1. The normalized spacial score (nSPS) is 12.6. The molecule has 0 unspecified atom stereocenters. The number of benzene rings is 1. The van der Waals surface area contributed by atoms with Crippen LogP contribution in [0.15, 0.2) is 85.2 Å². The molecule has 6 heteroatoms. The van der Waals surface area contributed by atoms with Crippen molar-refractivity contribution in [3.8, 4) is 22.5 Å². The molecule has 0 radical (unpaired) electrons. The van der Waals surface area contributed by atoms with Crippen LogP contribution in [-0.4, -0.2) is 25.1 Å². The molecule has 0 fully saturated rings. The molecule has 0 aliphatic heterocycles. The lowest BCUT2D eigenvalue weighted by molar-refractivity contribution is 0.628. The Labute approximate surface area is 190 Å². The highest BCUT2D eigenvalue weighted by molar-refractivity contribution is 6.00. The van der Waals surface area contributed by atoms with Gasteiger partial charge in [-0.1, -0.05) is 36.9 Å². The first-order chi connectivity index (χ1) is 16.1. The number of hydrogen-bond acceptors (Lipinski definition) is 3. The van der Waals surface area contributed by atoms with E-state index >= 15 is 0 Å². The number of nitrogens with zero attached hydrogens (tertiary/aromatic N) is 3. The summed E-state index contributed by atoms with van der Waals surface area (Å²) in [4.78, 5) is 12.5. The van der Waals surface area contributed by atoms with E-state index in [0.29, 0.717) is 0 Å². The maximum Gasteiger partial charge on any atom is 0.138 e. The molecule has 1 aromatic carbocycles. The molecule has 0 aliphatic carbocycles. The average Bonchev–Trinajstić information content (AvgIpc) is 3.43. The first kappa shape index (κ1) is 20.6. The summed E-state index contributed by atoms with van der Waals surface area (Å²) in [7, 11) is 0. The van der Waals surface area contributed by atoms with Gasteiger partial charge in [-0.2, -0.15) is 5.10 Å². The van der Waals surface area contributed by atoms with E-state index in [1.165, 1.54) is 12.1 Å². The van der Waals surface area contributed by atoms with Gasteiger partial charge in [0, 0.05) is 17.0 Å². The van der Waals surface area contributed by atoms with Gasteiger partial charge in [0.1, 0.15) is 17.2 Å². The summed E-state index contributed by atoms with van der Waals surface area (Å²) in [6, 6.07) is 12.5. The molecule has 0 saturated heterocycles. The average molecular weight is 436 g/mol. The minimum absolute atomic E-state index is 0.271. The molecule has 0 saturated carbocycles. The molecule has 4 heterocycles. The van der Waals surface area contributed by atoms with Crippen molar-refractivity contribution in [1.82, 2.24) is 25.1 Å². The lowest BCUT2D eigenvalue weighted by Gasteiger charge is -2.07. The maximum absolute atomic E-state index is 13.8. The van der Waals surface area contributed by atoms with E-state index in [9.17, 15) is 4.39 Å². The number of aromatic nitrogens is 5. The molecule has 5 rings (SSSR count). The second-order valence-electron chi connectivity index (χ2n) is 7.79. The van der Waals surface area contributed by atoms with Crippen molar-refractivity contribution in [3.05, 3.63) is 96.7 Å². The fourth-order valence-electron chi connectivity index (χ4n) is 4.18. The topological polar surface area (TPSA) is 70.2 Å². The van der Waals surface area contributed by atoms with Crippen molar-refractivity contribution in [2.75, 3.05) is 0 Å². The van der Waals surface area contributed by atoms with Crippen LogP contribution in [-0.2, 0) is 0 Å². The molecule has 2 N–H and O–H groups in total. The minimum Gasteiger partial charge on any atom is -0.338 e. The van der Waals surface area contributed by atoms with Gasteiger partial charge in [0.15, 0.2) is 0 Å². The van der Waals surface area contributed by atoms with Crippen molar-refractivity contribution in [3.63, 3.8) is 0 Å². The number of nitrogens with one attached hydrogen (secondary N) is 2. The summed E-state index contributed by atoms with van der Waals surface area (Å²) in [5.41, 5.74) is 7.84. The molecule has 0 spiro atoms. The van der Waals surface area contributed by atoms with Gasteiger partial charge in [0.25, 0.3) is 0 Å². The van der Waals surface area contributed by atoms with E-state index in [4.69, 9.17) is 0 Å². The Kier molecular flexibility index (Phi) is 5.18. The Morgan fingerprint density at radius 2 is 1.97 bits per heavy atom. The van der Waals surface area contributed by atoms with Gasteiger partial charge < -0.3 is 4.98 Å². The Hall–Kier alpha value is -4.32. The molecule has 33 heavy (non-hydrogen) atoms. The highest BCUT2D eigenvalue weighted by atomic mass is 19.1. The number of hydrogen-bond donors (Lipinski definition) is 2. The van der Waals surface area contributed by atoms with Crippen LogP contribution >= 0.6 is 0 Å². The smallest absolute Gasteiger partial charge is 0.138 e.